The fourth-order valence-corrected chi connectivity index (χ4v) is 7.80. The van der Waals surface area contributed by atoms with Gasteiger partial charge in [0.15, 0.2) is 4.80 Å². The minimum Gasteiger partial charge on any atom is -0.496 e. The maximum Gasteiger partial charge on any atom is 0.338 e. The Morgan fingerprint density at radius 1 is 1.00 bits per heavy atom. The summed E-state index contributed by atoms with van der Waals surface area (Å²) in [4.78, 5) is 33.5. The summed E-state index contributed by atoms with van der Waals surface area (Å²) in [5.41, 5.74) is 4.47. The van der Waals surface area contributed by atoms with Crippen molar-refractivity contribution in [1.29, 1.82) is 0 Å². The monoisotopic (exact) mass is 675 g/mol. The molecule has 0 saturated heterocycles. The Balaban J connectivity index is 1.42. The van der Waals surface area contributed by atoms with Gasteiger partial charge in [-0.15, -0.1) is 0 Å². The molecule has 242 valence electrons. The quantitative estimate of drug-likeness (QED) is 0.150. The molecule has 0 spiro atoms. The molecule has 1 atom stereocenters. The van der Waals surface area contributed by atoms with Gasteiger partial charge in [-0.25, -0.2) is 9.79 Å². The first-order chi connectivity index (χ1) is 23.4. The van der Waals surface area contributed by atoms with Gasteiger partial charge in [-0.3, -0.25) is 9.36 Å². The molecule has 0 N–H and O–H groups in total. The van der Waals surface area contributed by atoms with Gasteiger partial charge in [0.25, 0.3) is 5.56 Å². The summed E-state index contributed by atoms with van der Waals surface area (Å²) in [5.74, 6) is -0.00227. The highest BCUT2D eigenvalue weighted by molar-refractivity contribution is 7.07. The molecule has 0 bridgehead atoms. The molecular formula is C39H34ClN3O4S. The van der Waals surface area contributed by atoms with Gasteiger partial charge in [0.05, 0.1) is 29.5 Å². The van der Waals surface area contributed by atoms with Crippen LogP contribution in [0.1, 0.15) is 49.4 Å². The van der Waals surface area contributed by atoms with E-state index < -0.39 is 12.0 Å². The van der Waals surface area contributed by atoms with Gasteiger partial charge in [0.2, 0.25) is 0 Å². The molecule has 1 aliphatic rings. The number of aromatic nitrogens is 2. The minimum atomic E-state index is -0.828. The highest BCUT2D eigenvalue weighted by Crippen LogP contribution is 2.38. The first-order valence-electron chi connectivity index (χ1n) is 16.0. The van der Waals surface area contributed by atoms with E-state index in [2.05, 4.69) is 65.4 Å². The number of carbonyl (C=O) groups excluding carboxylic acids is 1. The average molecular weight is 676 g/mol. The number of benzene rings is 4. The Morgan fingerprint density at radius 2 is 1.77 bits per heavy atom. The van der Waals surface area contributed by atoms with Gasteiger partial charge >= 0.3 is 5.97 Å². The van der Waals surface area contributed by atoms with E-state index in [-0.39, 0.29) is 12.2 Å². The molecule has 7 nitrogen and oxygen atoms in total. The van der Waals surface area contributed by atoms with E-state index in [4.69, 9.17) is 26.1 Å². The third-order valence-corrected chi connectivity index (χ3v) is 9.92. The van der Waals surface area contributed by atoms with E-state index in [1.807, 2.05) is 25.1 Å². The van der Waals surface area contributed by atoms with Crippen molar-refractivity contribution in [2.75, 3.05) is 13.7 Å². The van der Waals surface area contributed by atoms with Crippen molar-refractivity contribution >= 4 is 56.7 Å². The molecule has 0 radical (unpaired) electrons. The fourth-order valence-electron chi connectivity index (χ4n) is 6.61. The van der Waals surface area contributed by atoms with Crippen molar-refractivity contribution in [2.45, 2.75) is 39.3 Å². The summed E-state index contributed by atoms with van der Waals surface area (Å²) >= 11 is 7.81. The van der Waals surface area contributed by atoms with Gasteiger partial charge < -0.3 is 14.0 Å². The van der Waals surface area contributed by atoms with E-state index in [9.17, 15) is 9.59 Å². The van der Waals surface area contributed by atoms with Crippen molar-refractivity contribution < 1.29 is 14.3 Å². The molecule has 7 rings (SSSR count). The number of allylic oxidation sites excluding steroid dienone is 1. The van der Waals surface area contributed by atoms with Crippen molar-refractivity contribution in [3.63, 3.8) is 0 Å². The maximum absolute atomic E-state index is 14.5. The van der Waals surface area contributed by atoms with E-state index in [0.29, 0.717) is 49.9 Å². The minimum absolute atomic E-state index is 0.189. The number of rotatable bonds is 9. The number of methoxy groups -OCH3 is 1. The van der Waals surface area contributed by atoms with Crippen LogP contribution in [0, 0.1) is 0 Å². The largest absolute Gasteiger partial charge is 0.496 e. The van der Waals surface area contributed by atoms with Gasteiger partial charge in [-0.1, -0.05) is 96.9 Å². The van der Waals surface area contributed by atoms with Crippen molar-refractivity contribution in [2.24, 2.45) is 4.99 Å². The number of hydrogen-bond acceptors (Lipinski definition) is 6. The molecule has 0 aliphatic carbocycles. The summed E-state index contributed by atoms with van der Waals surface area (Å²) in [6.07, 6.45) is 5.34. The van der Waals surface area contributed by atoms with Gasteiger partial charge in [-0.05, 0) is 60.0 Å². The predicted octanol–water partition coefficient (Wildman–Crippen LogP) is 7.40. The van der Waals surface area contributed by atoms with Crippen LogP contribution in [-0.4, -0.2) is 28.8 Å². The lowest BCUT2D eigenvalue weighted by molar-refractivity contribution is -0.139. The molecule has 1 aliphatic heterocycles. The lowest BCUT2D eigenvalue weighted by Gasteiger charge is -2.27. The molecular weight excluding hydrogens is 642 g/mol. The number of nitrogens with zero attached hydrogens (tertiary/aromatic N) is 3. The maximum atomic E-state index is 14.5. The van der Waals surface area contributed by atoms with Crippen LogP contribution < -0.4 is 19.6 Å². The zero-order chi connectivity index (χ0) is 33.4. The predicted molar refractivity (Wildman–Crippen MR) is 193 cm³/mol. The summed E-state index contributed by atoms with van der Waals surface area (Å²) in [7, 11) is 1.56. The number of esters is 1. The number of thiazole rings is 1. The van der Waals surface area contributed by atoms with E-state index in [0.717, 1.165) is 22.9 Å². The van der Waals surface area contributed by atoms with Crippen molar-refractivity contribution in [3.8, 4) is 5.75 Å². The van der Waals surface area contributed by atoms with Crippen LogP contribution in [-0.2, 0) is 16.1 Å². The van der Waals surface area contributed by atoms with E-state index >= 15 is 0 Å². The van der Waals surface area contributed by atoms with E-state index in [1.54, 1.807) is 36.8 Å². The van der Waals surface area contributed by atoms with Gasteiger partial charge in [0, 0.05) is 39.8 Å². The van der Waals surface area contributed by atoms with Crippen LogP contribution >= 0.6 is 22.9 Å². The highest BCUT2D eigenvalue weighted by atomic mass is 35.5. The zero-order valence-corrected chi connectivity index (χ0v) is 28.5. The van der Waals surface area contributed by atoms with Crippen LogP contribution in [0.2, 0.25) is 5.02 Å². The summed E-state index contributed by atoms with van der Waals surface area (Å²) in [6.45, 7) is 4.66. The summed E-state index contributed by atoms with van der Waals surface area (Å²) < 4.78 is 15.6. The third-order valence-electron chi connectivity index (χ3n) is 8.71. The number of halogens is 1. The Labute approximate surface area is 286 Å². The molecule has 3 heterocycles. The zero-order valence-electron chi connectivity index (χ0n) is 26.9. The topological polar surface area (TPSA) is 74.8 Å². The summed E-state index contributed by atoms with van der Waals surface area (Å²) in [6, 6.07) is 27.4. The number of carbonyl (C=O) groups is 1. The highest BCUT2D eigenvalue weighted by Gasteiger charge is 2.36. The number of ether oxygens (including phenoxy) is 2. The fraction of sp³-hybridized carbons (Fsp3) is 0.205. The standard InChI is InChI=1S/C39H34ClN3O4S/c1-4-11-31-35(38(45)47-5-2)36(30-21-27(40)18-19-33(30)46-3)43-37(44)34(48-39(43)41-31)20-26-23-42(32-17-9-8-16-29(26)32)22-25-14-10-13-24-12-6-7-15-28(24)25/h6-10,12-21,23,36H,4-5,11,22H2,1-3H3/b34-20+/t36-/m0/s1. The second-order valence-corrected chi connectivity index (χ2v) is 13.1. The third kappa shape index (κ3) is 5.65. The smallest absolute Gasteiger partial charge is 0.338 e. The van der Waals surface area contributed by atoms with Gasteiger partial charge in [-0.2, -0.15) is 0 Å². The van der Waals surface area contributed by atoms with Gasteiger partial charge in [0.1, 0.15) is 11.8 Å². The van der Waals surface area contributed by atoms with Crippen LogP contribution in [0.3, 0.4) is 0 Å². The molecule has 0 amide bonds. The van der Waals surface area contributed by atoms with Crippen molar-refractivity contribution in [1.82, 2.24) is 9.13 Å². The molecule has 0 saturated carbocycles. The van der Waals surface area contributed by atoms with Crippen LogP contribution in [0.4, 0.5) is 0 Å². The molecule has 4 aromatic carbocycles. The molecule has 48 heavy (non-hydrogen) atoms. The summed E-state index contributed by atoms with van der Waals surface area (Å²) in [5, 5.41) is 3.91. The first-order valence-corrected chi connectivity index (χ1v) is 17.2. The lowest BCUT2D eigenvalue weighted by Crippen LogP contribution is -2.40. The number of para-hydroxylation sites is 1. The number of fused-ring (bicyclic) bond motifs is 3. The van der Waals surface area contributed by atoms with Crippen LogP contribution in [0.5, 0.6) is 5.75 Å². The van der Waals surface area contributed by atoms with Crippen LogP contribution in [0.15, 0.2) is 112 Å². The molecule has 6 aromatic rings. The SMILES string of the molecule is CCCC1=C(C(=O)OCC)[C@H](c2cc(Cl)ccc2OC)n2c(s/c(=C/c3cn(Cc4cccc5ccccc45)c4ccccc34)c2=O)=N1. The second kappa shape index (κ2) is 13.3. The Bertz CT molecular complexity index is 2410. The first kappa shape index (κ1) is 31.7. The molecule has 2 aromatic heterocycles. The lowest BCUT2D eigenvalue weighted by atomic mass is 9.93. The number of hydrogen-bond donors (Lipinski definition) is 0. The molecule has 0 unspecified atom stereocenters. The molecule has 9 heteroatoms. The Morgan fingerprint density at radius 3 is 2.56 bits per heavy atom. The normalized spacial score (nSPS) is 14.8. The van der Waals surface area contributed by atoms with E-state index in [1.165, 1.54) is 27.7 Å². The Hall–Kier alpha value is -4.92. The Kier molecular flexibility index (Phi) is 8.77. The van der Waals surface area contributed by atoms with Crippen LogP contribution in [0.25, 0.3) is 27.8 Å². The second-order valence-electron chi connectivity index (χ2n) is 11.7. The molecule has 0 fully saturated rings. The van der Waals surface area contributed by atoms with Crippen molar-refractivity contribution in [3.05, 3.63) is 144 Å². The average Bonchev–Trinajstić information content (AvgIpc) is 3.60.